The molecule has 0 aromatic carbocycles. The zero-order valence-corrected chi connectivity index (χ0v) is 12.3. The van der Waals surface area contributed by atoms with Gasteiger partial charge in [0.1, 0.15) is 0 Å². The van der Waals surface area contributed by atoms with E-state index in [1.807, 2.05) is 0 Å². The summed E-state index contributed by atoms with van der Waals surface area (Å²) in [5.74, 6) is 2.68. The summed E-state index contributed by atoms with van der Waals surface area (Å²) >= 11 is 0. The van der Waals surface area contributed by atoms with Crippen molar-refractivity contribution in [3.8, 4) is 0 Å². The maximum atomic E-state index is 6.00. The molecule has 3 atom stereocenters. The third-order valence-electron chi connectivity index (χ3n) is 5.09. The lowest BCUT2D eigenvalue weighted by molar-refractivity contribution is 0.00415. The van der Waals surface area contributed by atoms with E-state index in [4.69, 9.17) is 4.74 Å². The van der Waals surface area contributed by atoms with Crippen molar-refractivity contribution in [2.24, 2.45) is 17.8 Å². The summed E-state index contributed by atoms with van der Waals surface area (Å²) in [4.78, 5) is 0. The van der Waals surface area contributed by atoms with Gasteiger partial charge in [-0.05, 0) is 56.4 Å². The second-order valence-electron chi connectivity index (χ2n) is 6.62. The van der Waals surface area contributed by atoms with Crippen molar-refractivity contribution in [1.29, 1.82) is 0 Å². The first-order chi connectivity index (χ1) is 8.75. The topological polar surface area (TPSA) is 21.3 Å². The first-order valence-corrected chi connectivity index (χ1v) is 8.08. The van der Waals surface area contributed by atoms with Crippen LogP contribution in [-0.4, -0.2) is 25.8 Å². The summed E-state index contributed by atoms with van der Waals surface area (Å²) in [6.45, 7) is 7.90. The van der Waals surface area contributed by atoms with Crippen molar-refractivity contribution in [1.82, 2.24) is 5.32 Å². The molecule has 2 rings (SSSR count). The molecule has 0 radical (unpaired) electrons. The van der Waals surface area contributed by atoms with E-state index in [0.29, 0.717) is 6.10 Å². The van der Waals surface area contributed by atoms with Gasteiger partial charge in [-0.1, -0.05) is 26.7 Å². The van der Waals surface area contributed by atoms with Gasteiger partial charge in [-0.3, -0.25) is 0 Å². The average Bonchev–Trinajstić information content (AvgIpc) is 2.86. The molecule has 0 amide bonds. The van der Waals surface area contributed by atoms with Crippen LogP contribution in [0, 0.1) is 17.8 Å². The molecule has 0 bridgehead atoms. The van der Waals surface area contributed by atoms with Gasteiger partial charge in [0.2, 0.25) is 0 Å². The third kappa shape index (κ3) is 4.55. The van der Waals surface area contributed by atoms with Gasteiger partial charge >= 0.3 is 0 Å². The summed E-state index contributed by atoms with van der Waals surface area (Å²) in [6, 6.07) is 0. The lowest BCUT2D eigenvalue weighted by Crippen LogP contribution is -2.30. The summed E-state index contributed by atoms with van der Waals surface area (Å²) < 4.78 is 6.00. The van der Waals surface area contributed by atoms with Gasteiger partial charge < -0.3 is 10.1 Å². The van der Waals surface area contributed by atoms with E-state index >= 15 is 0 Å². The van der Waals surface area contributed by atoms with Crippen LogP contribution >= 0.6 is 0 Å². The highest BCUT2D eigenvalue weighted by Crippen LogP contribution is 2.30. The molecule has 0 aromatic heterocycles. The normalized spacial score (nSPS) is 34.0. The van der Waals surface area contributed by atoms with Crippen LogP contribution in [0.25, 0.3) is 0 Å². The van der Waals surface area contributed by atoms with Crippen molar-refractivity contribution in [3.05, 3.63) is 0 Å². The molecule has 2 fully saturated rings. The predicted molar refractivity (Wildman–Crippen MR) is 76.7 cm³/mol. The van der Waals surface area contributed by atoms with Crippen molar-refractivity contribution in [2.45, 2.75) is 64.9 Å². The van der Waals surface area contributed by atoms with Crippen LogP contribution in [0.15, 0.2) is 0 Å². The van der Waals surface area contributed by atoms with Gasteiger partial charge in [0, 0.05) is 6.54 Å². The van der Waals surface area contributed by atoms with E-state index in [-0.39, 0.29) is 0 Å². The highest BCUT2D eigenvalue weighted by Gasteiger charge is 2.24. The average molecular weight is 253 g/mol. The summed E-state index contributed by atoms with van der Waals surface area (Å²) in [5.41, 5.74) is 0. The van der Waals surface area contributed by atoms with Crippen LogP contribution in [-0.2, 0) is 4.74 Å². The Morgan fingerprint density at radius 3 is 2.50 bits per heavy atom. The van der Waals surface area contributed by atoms with Crippen molar-refractivity contribution in [2.75, 3.05) is 19.7 Å². The molecule has 0 aliphatic heterocycles. The van der Waals surface area contributed by atoms with Crippen molar-refractivity contribution < 1.29 is 4.74 Å². The lowest BCUT2D eigenvalue weighted by Gasteiger charge is -2.32. The standard InChI is InChI=1S/C16H31NO/c1-13-7-8-16(11-14(13)2)18-10-9-17-12-15-5-3-4-6-15/h13-17H,3-12H2,1-2H3. The zero-order valence-electron chi connectivity index (χ0n) is 12.3. The van der Waals surface area contributed by atoms with Gasteiger partial charge in [-0.25, -0.2) is 0 Å². The Balaban J connectivity index is 1.47. The number of rotatable bonds is 6. The third-order valence-corrected chi connectivity index (χ3v) is 5.09. The van der Waals surface area contributed by atoms with E-state index in [9.17, 15) is 0 Å². The molecule has 0 heterocycles. The maximum absolute atomic E-state index is 6.00. The number of hydrogen-bond donors (Lipinski definition) is 1. The highest BCUT2D eigenvalue weighted by molar-refractivity contribution is 4.75. The van der Waals surface area contributed by atoms with E-state index in [0.717, 1.165) is 30.9 Å². The zero-order chi connectivity index (χ0) is 12.8. The number of ether oxygens (including phenoxy) is 1. The molecule has 3 unspecified atom stereocenters. The van der Waals surface area contributed by atoms with Crippen LogP contribution in [0.3, 0.4) is 0 Å². The van der Waals surface area contributed by atoms with E-state index in [1.165, 1.54) is 51.5 Å². The fourth-order valence-corrected chi connectivity index (χ4v) is 3.47. The first-order valence-electron chi connectivity index (χ1n) is 8.08. The predicted octanol–water partition coefficient (Wildman–Crippen LogP) is 3.61. The summed E-state index contributed by atoms with van der Waals surface area (Å²) in [6.07, 6.45) is 10.2. The molecule has 2 saturated carbocycles. The van der Waals surface area contributed by atoms with Crippen LogP contribution in [0.5, 0.6) is 0 Å². The van der Waals surface area contributed by atoms with Crippen LogP contribution in [0.4, 0.5) is 0 Å². The minimum atomic E-state index is 0.532. The molecule has 0 saturated heterocycles. The molecule has 106 valence electrons. The smallest absolute Gasteiger partial charge is 0.0594 e. The van der Waals surface area contributed by atoms with Gasteiger partial charge in [-0.15, -0.1) is 0 Å². The summed E-state index contributed by atoms with van der Waals surface area (Å²) in [7, 11) is 0. The molecular weight excluding hydrogens is 222 g/mol. The van der Waals surface area contributed by atoms with Gasteiger partial charge in [0.25, 0.3) is 0 Å². The van der Waals surface area contributed by atoms with Gasteiger partial charge in [-0.2, -0.15) is 0 Å². The molecule has 0 aromatic rings. The number of hydrogen-bond acceptors (Lipinski definition) is 2. The Kier molecular flexibility index (Phi) is 5.97. The largest absolute Gasteiger partial charge is 0.377 e. The quantitative estimate of drug-likeness (QED) is 0.730. The summed E-state index contributed by atoms with van der Waals surface area (Å²) in [5, 5.41) is 3.56. The number of nitrogens with one attached hydrogen (secondary N) is 1. The van der Waals surface area contributed by atoms with Crippen molar-refractivity contribution in [3.63, 3.8) is 0 Å². The fraction of sp³-hybridized carbons (Fsp3) is 1.00. The Morgan fingerprint density at radius 1 is 1.00 bits per heavy atom. The van der Waals surface area contributed by atoms with E-state index in [1.54, 1.807) is 0 Å². The molecule has 2 aliphatic rings. The Hall–Kier alpha value is -0.0800. The second kappa shape index (κ2) is 7.49. The minimum absolute atomic E-state index is 0.532. The molecule has 1 N–H and O–H groups in total. The van der Waals surface area contributed by atoms with Gasteiger partial charge in [0.15, 0.2) is 0 Å². The fourth-order valence-electron chi connectivity index (χ4n) is 3.47. The van der Waals surface area contributed by atoms with Gasteiger partial charge in [0.05, 0.1) is 12.7 Å². The highest BCUT2D eigenvalue weighted by atomic mass is 16.5. The first kappa shape index (κ1) is 14.3. The van der Waals surface area contributed by atoms with Crippen LogP contribution in [0.1, 0.15) is 58.8 Å². The van der Waals surface area contributed by atoms with Crippen LogP contribution < -0.4 is 5.32 Å². The second-order valence-corrected chi connectivity index (χ2v) is 6.62. The molecule has 2 nitrogen and oxygen atoms in total. The maximum Gasteiger partial charge on any atom is 0.0594 e. The lowest BCUT2D eigenvalue weighted by atomic mass is 9.80. The molecule has 0 spiro atoms. The Bertz CT molecular complexity index is 225. The molecular formula is C16H31NO. The Morgan fingerprint density at radius 2 is 1.78 bits per heavy atom. The van der Waals surface area contributed by atoms with E-state index in [2.05, 4.69) is 19.2 Å². The SMILES string of the molecule is CC1CCC(OCCNCC2CCCC2)CC1C. The molecule has 18 heavy (non-hydrogen) atoms. The monoisotopic (exact) mass is 253 g/mol. The van der Waals surface area contributed by atoms with Crippen LogP contribution in [0.2, 0.25) is 0 Å². The molecule has 2 heteroatoms. The minimum Gasteiger partial charge on any atom is -0.377 e. The van der Waals surface area contributed by atoms with E-state index < -0.39 is 0 Å². The molecule has 2 aliphatic carbocycles. The Labute approximate surface area is 113 Å². The van der Waals surface area contributed by atoms with Crippen molar-refractivity contribution >= 4 is 0 Å².